The fourth-order valence-electron chi connectivity index (χ4n) is 1.85. The quantitative estimate of drug-likeness (QED) is 0.592. The second kappa shape index (κ2) is 7.52. The van der Waals surface area contributed by atoms with E-state index in [0.29, 0.717) is 18.1 Å². The molecule has 2 rings (SSSR count). The third-order valence-electron chi connectivity index (χ3n) is 3.03. The van der Waals surface area contributed by atoms with Gasteiger partial charge >= 0.3 is 12.4 Å². The van der Waals surface area contributed by atoms with Gasteiger partial charge in [0.05, 0.1) is 11.1 Å². The maximum absolute atomic E-state index is 12.8. The summed E-state index contributed by atoms with van der Waals surface area (Å²) < 4.78 is 75.8. The lowest BCUT2D eigenvalue weighted by atomic mass is 10.2. The van der Waals surface area contributed by atoms with E-state index in [1.165, 1.54) is 0 Å². The van der Waals surface area contributed by atoms with Crippen LogP contribution in [0.5, 0.6) is 0 Å². The highest BCUT2D eigenvalue weighted by atomic mass is 32.2. The van der Waals surface area contributed by atoms with E-state index in [2.05, 4.69) is 15.3 Å². The fraction of sp³-hybridized carbons (Fsp3) is 0.267. The van der Waals surface area contributed by atoms with E-state index in [4.69, 9.17) is 0 Å². The minimum atomic E-state index is -4.61. The number of nitrogens with zero attached hydrogens (tertiary/aromatic N) is 2. The molecule has 0 unspecified atom stereocenters. The number of nitrogens with one attached hydrogen (secondary N) is 1. The maximum Gasteiger partial charge on any atom is 0.417 e. The number of rotatable bonds is 4. The molecule has 140 valence electrons. The molecule has 4 nitrogen and oxygen atoms in total. The minimum Gasteiger partial charge on any atom is -0.305 e. The van der Waals surface area contributed by atoms with Gasteiger partial charge in [0.1, 0.15) is 11.5 Å². The monoisotopic (exact) mass is 395 g/mol. The van der Waals surface area contributed by atoms with Crippen molar-refractivity contribution in [3.63, 3.8) is 0 Å². The molecule has 26 heavy (non-hydrogen) atoms. The lowest BCUT2D eigenvalue weighted by molar-refractivity contribution is -0.138. The lowest BCUT2D eigenvalue weighted by Gasteiger charge is -2.12. The number of aromatic nitrogens is 2. The lowest BCUT2D eigenvalue weighted by Crippen LogP contribution is -2.17. The Kier molecular flexibility index (Phi) is 5.79. The molecular formula is C15H11F6N3OS. The maximum atomic E-state index is 12.8. The van der Waals surface area contributed by atoms with Crippen molar-refractivity contribution in [1.29, 1.82) is 0 Å². The van der Waals surface area contributed by atoms with Crippen molar-refractivity contribution in [1.82, 2.24) is 9.97 Å². The van der Waals surface area contributed by atoms with Crippen LogP contribution in [-0.2, 0) is 12.4 Å². The summed E-state index contributed by atoms with van der Waals surface area (Å²) in [6.45, 7) is 1.68. The third-order valence-corrected chi connectivity index (χ3v) is 3.94. The Morgan fingerprint density at radius 3 is 2.15 bits per heavy atom. The number of hydrogen-bond acceptors (Lipinski definition) is 4. The molecule has 0 aromatic carbocycles. The second-order valence-corrected chi connectivity index (χ2v) is 6.19. The van der Waals surface area contributed by atoms with Crippen LogP contribution in [0.25, 0.3) is 0 Å². The first-order valence-electron chi connectivity index (χ1n) is 7.07. The summed E-state index contributed by atoms with van der Waals surface area (Å²) in [6, 6.07) is 2.47. The molecule has 0 radical (unpaired) electrons. The molecule has 2 aromatic heterocycles. The van der Waals surface area contributed by atoms with Crippen molar-refractivity contribution in [2.45, 2.75) is 24.2 Å². The third kappa shape index (κ3) is 4.87. The van der Waals surface area contributed by atoms with Gasteiger partial charge in [-0.25, -0.2) is 9.97 Å². The number of carbonyl (C=O) groups is 1. The average molecular weight is 395 g/mol. The van der Waals surface area contributed by atoms with Crippen LogP contribution in [0.4, 0.5) is 32.2 Å². The van der Waals surface area contributed by atoms with Crippen molar-refractivity contribution in [3.05, 3.63) is 47.4 Å². The number of anilines is 1. The van der Waals surface area contributed by atoms with Gasteiger partial charge in [-0.05, 0) is 24.0 Å². The van der Waals surface area contributed by atoms with Gasteiger partial charge in [0.2, 0.25) is 0 Å². The molecule has 0 aliphatic carbocycles. The molecule has 0 saturated carbocycles. The number of carbonyl (C=O) groups excluding carboxylic acids is 1. The highest BCUT2D eigenvalue weighted by molar-refractivity contribution is 7.99. The van der Waals surface area contributed by atoms with E-state index in [1.807, 2.05) is 0 Å². The number of hydrogen-bond donors (Lipinski definition) is 1. The first kappa shape index (κ1) is 20.0. The highest BCUT2D eigenvalue weighted by Gasteiger charge is 2.33. The molecule has 0 spiro atoms. The van der Waals surface area contributed by atoms with E-state index >= 15 is 0 Å². The van der Waals surface area contributed by atoms with Crippen molar-refractivity contribution >= 4 is 23.5 Å². The Bertz CT molecular complexity index is 789. The predicted molar refractivity (Wildman–Crippen MR) is 82.8 cm³/mol. The Hall–Kier alpha value is -2.30. The van der Waals surface area contributed by atoms with Crippen LogP contribution in [0.2, 0.25) is 0 Å². The number of halogens is 6. The highest BCUT2D eigenvalue weighted by Crippen LogP contribution is 2.33. The predicted octanol–water partition coefficient (Wildman–Crippen LogP) is 4.88. The number of pyridine rings is 2. The van der Waals surface area contributed by atoms with Crippen LogP contribution >= 0.6 is 11.8 Å². The molecular weight excluding hydrogens is 384 g/mol. The summed E-state index contributed by atoms with van der Waals surface area (Å²) in [5.41, 5.74) is -2.27. The summed E-state index contributed by atoms with van der Waals surface area (Å²) in [5, 5.41) is 2.22. The van der Waals surface area contributed by atoms with Gasteiger partial charge in [0.15, 0.2) is 0 Å². The SMILES string of the molecule is CCSc1cc(C(F)(F)F)cnc1C(=O)Nc1ccc(C(F)(F)F)cn1. The molecule has 0 aliphatic heterocycles. The Labute approximate surface area is 148 Å². The molecule has 2 heterocycles. The topological polar surface area (TPSA) is 54.9 Å². The Morgan fingerprint density at radius 1 is 1.04 bits per heavy atom. The zero-order chi connectivity index (χ0) is 19.5. The van der Waals surface area contributed by atoms with E-state index in [1.54, 1.807) is 6.92 Å². The zero-order valence-corrected chi connectivity index (χ0v) is 13.9. The summed E-state index contributed by atoms with van der Waals surface area (Å²) >= 11 is 0.984. The largest absolute Gasteiger partial charge is 0.417 e. The van der Waals surface area contributed by atoms with E-state index in [-0.39, 0.29) is 16.4 Å². The van der Waals surface area contributed by atoms with Gasteiger partial charge in [-0.15, -0.1) is 11.8 Å². The molecule has 1 amide bonds. The molecule has 0 bridgehead atoms. The molecule has 11 heteroatoms. The van der Waals surface area contributed by atoms with Crippen molar-refractivity contribution in [3.8, 4) is 0 Å². The smallest absolute Gasteiger partial charge is 0.305 e. The van der Waals surface area contributed by atoms with Gasteiger partial charge in [0.25, 0.3) is 5.91 Å². The second-order valence-electron chi connectivity index (χ2n) is 4.89. The first-order chi connectivity index (χ1) is 12.0. The van der Waals surface area contributed by atoms with Crippen molar-refractivity contribution in [2.24, 2.45) is 0 Å². The summed E-state index contributed by atoms with van der Waals surface area (Å²) in [7, 11) is 0. The van der Waals surface area contributed by atoms with Gasteiger partial charge in [-0.2, -0.15) is 26.3 Å². The molecule has 0 aliphatic rings. The normalized spacial score (nSPS) is 12.1. The number of thioether (sulfide) groups is 1. The molecule has 0 saturated heterocycles. The van der Waals surface area contributed by atoms with Gasteiger partial charge in [-0.1, -0.05) is 6.92 Å². The van der Waals surface area contributed by atoms with Crippen LogP contribution in [0.15, 0.2) is 35.5 Å². The molecule has 0 fully saturated rings. The zero-order valence-electron chi connectivity index (χ0n) is 13.1. The van der Waals surface area contributed by atoms with Crippen molar-refractivity contribution in [2.75, 3.05) is 11.1 Å². The van der Waals surface area contributed by atoms with Gasteiger partial charge in [0, 0.05) is 17.3 Å². The Balaban J connectivity index is 2.26. The fourth-order valence-corrected chi connectivity index (χ4v) is 2.65. The number of alkyl halides is 6. The summed E-state index contributed by atoms with van der Waals surface area (Å²) in [5.74, 6) is -0.666. The van der Waals surface area contributed by atoms with Crippen LogP contribution in [0.1, 0.15) is 28.5 Å². The first-order valence-corrected chi connectivity index (χ1v) is 8.05. The van der Waals surface area contributed by atoms with Crippen LogP contribution in [-0.4, -0.2) is 21.6 Å². The van der Waals surface area contributed by atoms with Crippen LogP contribution in [0, 0.1) is 0 Å². The summed E-state index contributed by atoms with van der Waals surface area (Å²) in [4.78, 5) is 19.3. The average Bonchev–Trinajstić information content (AvgIpc) is 2.54. The van der Waals surface area contributed by atoms with Gasteiger partial charge < -0.3 is 5.32 Å². The van der Waals surface area contributed by atoms with Crippen LogP contribution < -0.4 is 5.32 Å². The van der Waals surface area contributed by atoms with E-state index < -0.39 is 29.4 Å². The molecule has 0 atom stereocenters. The van der Waals surface area contributed by atoms with E-state index in [9.17, 15) is 31.1 Å². The van der Waals surface area contributed by atoms with Crippen molar-refractivity contribution < 1.29 is 31.1 Å². The number of amides is 1. The van der Waals surface area contributed by atoms with Gasteiger partial charge in [-0.3, -0.25) is 4.79 Å². The molecule has 2 aromatic rings. The standard InChI is InChI=1S/C15H11F6N3OS/c1-2-26-10-5-9(15(19,20)21)7-23-12(10)13(25)24-11-4-3-8(6-22-11)14(16,17)18/h3-7H,2H2,1H3,(H,22,24,25). The molecule has 1 N–H and O–H groups in total. The van der Waals surface area contributed by atoms with E-state index in [0.717, 1.165) is 30.0 Å². The minimum absolute atomic E-state index is 0.00624. The van der Waals surface area contributed by atoms with Crippen LogP contribution in [0.3, 0.4) is 0 Å². The summed E-state index contributed by atoms with van der Waals surface area (Å²) in [6.07, 6.45) is -8.12. The Morgan fingerprint density at radius 2 is 1.65 bits per heavy atom.